The van der Waals surface area contributed by atoms with E-state index in [1.807, 2.05) is 28.8 Å². The molecule has 0 aliphatic heterocycles. The molecule has 0 atom stereocenters. The average Bonchev–Trinajstić information content (AvgIpc) is 2.76. The lowest BCUT2D eigenvalue weighted by molar-refractivity contribution is 0.271. The van der Waals surface area contributed by atoms with E-state index in [2.05, 4.69) is 4.98 Å². The van der Waals surface area contributed by atoms with Crippen LogP contribution in [0.5, 0.6) is 5.75 Å². The smallest absolute Gasteiger partial charge is 0.119 e. The van der Waals surface area contributed by atoms with Crippen molar-refractivity contribution in [3.05, 3.63) is 48.0 Å². The molecule has 0 aliphatic carbocycles. The third-order valence-corrected chi connectivity index (χ3v) is 2.45. The lowest BCUT2D eigenvalue weighted by Gasteiger charge is -2.07. The quantitative estimate of drug-likeness (QED) is 0.844. The van der Waals surface area contributed by atoms with Crippen molar-refractivity contribution in [3.8, 4) is 5.75 Å². The van der Waals surface area contributed by atoms with Gasteiger partial charge in [0.25, 0.3) is 0 Å². The monoisotopic (exact) mass is 218 g/mol. The molecule has 2 rings (SSSR count). The Bertz CT molecular complexity index is 466. The molecule has 1 N–H and O–H groups in total. The number of hydrogen-bond acceptors (Lipinski definition) is 3. The Morgan fingerprint density at radius 3 is 3.06 bits per heavy atom. The fraction of sp³-hybridized carbons (Fsp3) is 0.250. The number of hydrogen-bond donors (Lipinski definition) is 1. The largest absolute Gasteiger partial charge is 0.497 e. The number of methoxy groups -OCH3 is 1. The van der Waals surface area contributed by atoms with Gasteiger partial charge >= 0.3 is 0 Å². The van der Waals surface area contributed by atoms with Crippen LogP contribution in [0.3, 0.4) is 0 Å². The lowest BCUT2D eigenvalue weighted by Crippen LogP contribution is -2.03. The Morgan fingerprint density at radius 2 is 2.31 bits per heavy atom. The van der Waals surface area contributed by atoms with Crippen molar-refractivity contribution < 1.29 is 9.84 Å². The summed E-state index contributed by atoms with van der Waals surface area (Å²) in [5.74, 6) is 0.836. The number of benzene rings is 1. The molecule has 1 aromatic heterocycles. The zero-order chi connectivity index (χ0) is 11.4. The zero-order valence-electron chi connectivity index (χ0n) is 9.13. The van der Waals surface area contributed by atoms with Crippen LogP contribution in [-0.2, 0) is 13.2 Å². The third-order valence-electron chi connectivity index (χ3n) is 2.45. The molecular weight excluding hydrogens is 204 g/mol. The molecule has 0 unspecified atom stereocenters. The summed E-state index contributed by atoms with van der Waals surface area (Å²) in [5, 5.41) is 9.10. The molecule has 0 amide bonds. The van der Waals surface area contributed by atoms with Gasteiger partial charge in [-0.3, -0.25) is 0 Å². The summed E-state index contributed by atoms with van der Waals surface area (Å²) < 4.78 is 7.07. The van der Waals surface area contributed by atoms with E-state index in [9.17, 15) is 0 Å². The normalized spacial score (nSPS) is 10.4. The van der Waals surface area contributed by atoms with E-state index >= 15 is 0 Å². The van der Waals surface area contributed by atoms with Gasteiger partial charge in [-0.2, -0.15) is 0 Å². The van der Waals surface area contributed by atoms with Crippen molar-refractivity contribution in [3.63, 3.8) is 0 Å². The summed E-state index contributed by atoms with van der Waals surface area (Å²) in [6.45, 7) is 0.692. The molecule has 1 aromatic carbocycles. The second-order valence-corrected chi connectivity index (χ2v) is 3.52. The third kappa shape index (κ3) is 2.23. The second kappa shape index (κ2) is 4.81. The molecule has 4 heteroatoms. The first-order valence-electron chi connectivity index (χ1n) is 5.06. The SMILES string of the molecule is COc1cccc(Cn2cncc2CO)c1. The van der Waals surface area contributed by atoms with E-state index < -0.39 is 0 Å². The molecule has 2 aromatic rings. The fourth-order valence-corrected chi connectivity index (χ4v) is 1.59. The zero-order valence-corrected chi connectivity index (χ0v) is 9.13. The molecule has 0 saturated carbocycles. The van der Waals surface area contributed by atoms with Gasteiger partial charge in [0.2, 0.25) is 0 Å². The number of aromatic nitrogens is 2. The number of aliphatic hydroxyl groups excluding tert-OH is 1. The molecule has 0 radical (unpaired) electrons. The van der Waals surface area contributed by atoms with Gasteiger partial charge in [0, 0.05) is 6.54 Å². The summed E-state index contributed by atoms with van der Waals surface area (Å²) in [7, 11) is 1.65. The molecule has 4 nitrogen and oxygen atoms in total. The summed E-state index contributed by atoms with van der Waals surface area (Å²) >= 11 is 0. The Kier molecular flexibility index (Phi) is 3.22. The van der Waals surface area contributed by atoms with Gasteiger partial charge in [-0.15, -0.1) is 0 Å². The molecule has 0 bridgehead atoms. The maximum atomic E-state index is 9.10. The topological polar surface area (TPSA) is 47.3 Å². The van der Waals surface area contributed by atoms with Gasteiger partial charge in [-0.25, -0.2) is 4.98 Å². The van der Waals surface area contributed by atoms with Crippen molar-refractivity contribution in [2.24, 2.45) is 0 Å². The van der Waals surface area contributed by atoms with E-state index in [0.29, 0.717) is 6.54 Å². The van der Waals surface area contributed by atoms with E-state index in [0.717, 1.165) is 17.0 Å². The highest BCUT2D eigenvalue weighted by atomic mass is 16.5. The summed E-state index contributed by atoms with van der Waals surface area (Å²) in [6, 6.07) is 7.85. The van der Waals surface area contributed by atoms with E-state index in [4.69, 9.17) is 9.84 Å². The van der Waals surface area contributed by atoms with Gasteiger partial charge in [0.15, 0.2) is 0 Å². The van der Waals surface area contributed by atoms with Crippen LogP contribution in [0.15, 0.2) is 36.8 Å². The Labute approximate surface area is 94.1 Å². The maximum absolute atomic E-state index is 9.10. The summed E-state index contributed by atoms with van der Waals surface area (Å²) in [5.41, 5.74) is 1.93. The average molecular weight is 218 g/mol. The molecule has 0 saturated heterocycles. The van der Waals surface area contributed by atoms with Gasteiger partial charge in [-0.1, -0.05) is 12.1 Å². The van der Waals surface area contributed by atoms with Crippen LogP contribution in [0.2, 0.25) is 0 Å². The van der Waals surface area contributed by atoms with E-state index in [1.54, 1.807) is 19.6 Å². The summed E-state index contributed by atoms with van der Waals surface area (Å²) in [4.78, 5) is 4.00. The number of aliphatic hydroxyl groups is 1. The first-order chi connectivity index (χ1) is 7.83. The molecule has 84 valence electrons. The molecule has 0 spiro atoms. The van der Waals surface area contributed by atoms with Crippen molar-refractivity contribution in [1.82, 2.24) is 9.55 Å². The number of ether oxygens (including phenoxy) is 1. The van der Waals surface area contributed by atoms with Crippen molar-refractivity contribution in [2.75, 3.05) is 7.11 Å². The fourth-order valence-electron chi connectivity index (χ4n) is 1.59. The summed E-state index contributed by atoms with van der Waals surface area (Å²) in [6.07, 6.45) is 3.38. The van der Waals surface area contributed by atoms with Crippen LogP contribution < -0.4 is 4.74 Å². The van der Waals surface area contributed by atoms with Crippen LogP contribution in [0.1, 0.15) is 11.3 Å². The Hall–Kier alpha value is -1.81. The molecule has 16 heavy (non-hydrogen) atoms. The van der Waals surface area contributed by atoms with Crippen LogP contribution in [-0.4, -0.2) is 21.8 Å². The van der Waals surface area contributed by atoms with E-state index in [1.165, 1.54) is 0 Å². The Balaban J connectivity index is 2.20. The van der Waals surface area contributed by atoms with Crippen molar-refractivity contribution in [2.45, 2.75) is 13.2 Å². The highest BCUT2D eigenvalue weighted by Crippen LogP contribution is 2.14. The number of imidazole rings is 1. The minimum atomic E-state index is 0.00394. The van der Waals surface area contributed by atoms with Crippen LogP contribution >= 0.6 is 0 Å². The van der Waals surface area contributed by atoms with Gasteiger partial charge in [-0.05, 0) is 17.7 Å². The first kappa shape index (κ1) is 10.7. The van der Waals surface area contributed by atoms with Crippen LogP contribution in [0, 0.1) is 0 Å². The van der Waals surface area contributed by atoms with Gasteiger partial charge in [0.1, 0.15) is 5.75 Å². The lowest BCUT2D eigenvalue weighted by atomic mass is 10.2. The first-order valence-corrected chi connectivity index (χ1v) is 5.06. The maximum Gasteiger partial charge on any atom is 0.119 e. The van der Waals surface area contributed by atoms with E-state index in [-0.39, 0.29) is 6.61 Å². The molecular formula is C12H14N2O2. The standard InChI is InChI=1S/C12H14N2O2/c1-16-12-4-2-3-10(5-12)7-14-9-13-6-11(14)8-15/h2-6,9,15H,7-8H2,1H3. The molecule has 0 aliphatic rings. The number of rotatable bonds is 4. The molecule has 1 heterocycles. The highest BCUT2D eigenvalue weighted by molar-refractivity contribution is 5.28. The van der Waals surface area contributed by atoms with Crippen molar-refractivity contribution >= 4 is 0 Å². The van der Waals surface area contributed by atoms with Gasteiger partial charge < -0.3 is 14.4 Å². The predicted molar refractivity (Wildman–Crippen MR) is 60.2 cm³/mol. The number of nitrogens with zero attached hydrogens (tertiary/aromatic N) is 2. The van der Waals surface area contributed by atoms with Crippen LogP contribution in [0.25, 0.3) is 0 Å². The minimum Gasteiger partial charge on any atom is -0.497 e. The highest BCUT2D eigenvalue weighted by Gasteiger charge is 2.02. The Morgan fingerprint density at radius 1 is 1.44 bits per heavy atom. The second-order valence-electron chi connectivity index (χ2n) is 3.52. The van der Waals surface area contributed by atoms with Gasteiger partial charge in [0.05, 0.1) is 31.9 Å². The van der Waals surface area contributed by atoms with Crippen LogP contribution in [0.4, 0.5) is 0 Å². The molecule has 0 fully saturated rings. The van der Waals surface area contributed by atoms with Crippen molar-refractivity contribution in [1.29, 1.82) is 0 Å². The minimum absolute atomic E-state index is 0.00394. The predicted octanol–water partition coefficient (Wildman–Crippen LogP) is 1.43.